The van der Waals surface area contributed by atoms with Gasteiger partial charge in [-0.1, -0.05) is 24.3 Å². The van der Waals surface area contributed by atoms with Gasteiger partial charge in [0.05, 0.1) is 45.7 Å². The molecule has 3 aromatic rings. The molecular weight excluding hydrogens is 466 g/mol. The Kier molecular flexibility index (Phi) is 6.73. The summed E-state index contributed by atoms with van der Waals surface area (Å²) in [6, 6.07) is 14.7. The molecule has 1 heterocycles. The lowest BCUT2D eigenvalue weighted by molar-refractivity contribution is -0.132. The Balaban J connectivity index is 2.04. The third-order valence-electron chi connectivity index (χ3n) is 5.93. The van der Waals surface area contributed by atoms with E-state index in [9.17, 15) is 19.8 Å². The Morgan fingerprint density at radius 2 is 1.50 bits per heavy atom. The normalized spacial score (nSPS) is 16.7. The molecule has 3 aromatic carbocycles. The highest BCUT2D eigenvalue weighted by Crippen LogP contribution is 2.48. The fraction of sp³-hybridized carbons (Fsp3) is 0.185. The molecule has 1 aliphatic heterocycles. The summed E-state index contributed by atoms with van der Waals surface area (Å²) < 4.78 is 21.6. The van der Waals surface area contributed by atoms with E-state index < -0.39 is 23.5 Å². The molecule has 9 nitrogen and oxygen atoms in total. The highest BCUT2D eigenvalue weighted by atomic mass is 16.5. The number of nitrogens with zero attached hydrogens (tertiary/aromatic N) is 1. The van der Waals surface area contributed by atoms with Crippen LogP contribution in [-0.4, -0.2) is 50.3 Å². The number of aromatic hydroxyl groups is 1. The number of rotatable bonds is 7. The molecule has 0 aliphatic carbocycles. The summed E-state index contributed by atoms with van der Waals surface area (Å²) >= 11 is 0. The number of aliphatic hydroxyl groups is 1. The Morgan fingerprint density at radius 3 is 2.08 bits per heavy atom. The summed E-state index contributed by atoms with van der Waals surface area (Å²) in [4.78, 5) is 27.9. The minimum Gasteiger partial charge on any atom is -0.507 e. The SMILES string of the molecule is COc1cccc(/C(O)=C2\C(=O)C(=O)N(c3ccccc3O)C2c2cc(OC)c(OC)c(OC)c2)c1. The van der Waals surface area contributed by atoms with E-state index in [0.717, 1.165) is 4.90 Å². The number of ketones is 1. The molecule has 9 heteroatoms. The van der Waals surface area contributed by atoms with E-state index in [1.54, 1.807) is 48.5 Å². The molecule has 4 rings (SSSR count). The number of benzene rings is 3. The minimum atomic E-state index is -1.13. The van der Waals surface area contributed by atoms with Crippen molar-refractivity contribution >= 4 is 23.1 Å². The van der Waals surface area contributed by atoms with Crippen LogP contribution in [0.1, 0.15) is 17.2 Å². The second-order valence-corrected chi connectivity index (χ2v) is 7.85. The number of anilines is 1. The van der Waals surface area contributed by atoms with Gasteiger partial charge in [-0.05, 0) is 42.0 Å². The molecule has 36 heavy (non-hydrogen) atoms. The number of hydrogen-bond donors (Lipinski definition) is 2. The van der Waals surface area contributed by atoms with Crippen molar-refractivity contribution in [2.45, 2.75) is 6.04 Å². The van der Waals surface area contributed by atoms with E-state index in [0.29, 0.717) is 17.1 Å². The third-order valence-corrected chi connectivity index (χ3v) is 5.93. The maximum atomic E-state index is 13.4. The number of phenols is 1. The fourth-order valence-electron chi connectivity index (χ4n) is 4.25. The summed E-state index contributed by atoms with van der Waals surface area (Å²) in [5, 5.41) is 21.9. The molecule has 0 radical (unpaired) electrons. The van der Waals surface area contributed by atoms with Gasteiger partial charge in [0.2, 0.25) is 5.75 Å². The van der Waals surface area contributed by atoms with Gasteiger partial charge in [-0.3, -0.25) is 14.5 Å². The summed E-state index contributed by atoms with van der Waals surface area (Å²) in [6.07, 6.45) is 0. The van der Waals surface area contributed by atoms with Crippen molar-refractivity contribution in [1.82, 2.24) is 0 Å². The monoisotopic (exact) mass is 491 g/mol. The lowest BCUT2D eigenvalue weighted by Crippen LogP contribution is -2.29. The number of hydrogen-bond acceptors (Lipinski definition) is 8. The number of amides is 1. The topological polar surface area (TPSA) is 115 Å². The van der Waals surface area contributed by atoms with Crippen LogP contribution in [0.3, 0.4) is 0 Å². The van der Waals surface area contributed by atoms with Crippen LogP contribution in [0.4, 0.5) is 5.69 Å². The molecule has 1 atom stereocenters. The standard InChI is InChI=1S/C27H25NO8/c1-33-17-9-7-8-15(12-17)24(30)22-23(16-13-20(34-2)26(36-4)21(14-16)35-3)28(27(32)25(22)31)18-10-5-6-11-19(18)29/h5-14,23,29-30H,1-4H3/b24-22+. The molecular formula is C27H25NO8. The van der Waals surface area contributed by atoms with Crippen molar-refractivity contribution in [2.75, 3.05) is 33.3 Å². The van der Waals surface area contributed by atoms with Crippen molar-refractivity contribution in [2.24, 2.45) is 0 Å². The molecule has 0 aromatic heterocycles. The number of carbonyl (C=O) groups excluding carboxylic acids is 2. The van der Waals surface area contributed by atoms with Gasteiger partial charge in [0, 0.05) is 5.56 Å². The van der Waals surface area contributed by atoms with Crippen LogP contribution in [0.2, 0.25) is 0 Å². The van der Waals surface area contributed by atoms with Crippen LogP contribution >= 0.6 is 0 Å². The zero-order valence-corrected chi connectivity index (χ0v) is 20.1. The summed E-state index contributed by atoms with van der Waals surface area (Å²) in [5.41, 5.74) is 0.590. The van der Waals surface area contributed by atoms with Crippen molar-refractivity contribution in [1.29, 1.82) is 0 Å². The van der Waals surface area contributed by atoms with Gasteiger partial charge in [0.25, 0.3) is 11.7 Å². The number of Topliss-reactive ketones (excluding diaryl/α,β-unsaturated/α-hetero) is 1. The van der Waals surface area contributed by atoms with E-state index in [4.69, 9.17) is 18.9 Å². The van der Waals surface area contributed by atoms with Crippen molar-refractivity contribution in [3.05, 3.63) is 77.4 Å². The molecule has 1 fully saturated rings. The third kappa shape index (κ3) is 4.04. The van der Waals surface area contributed by atoms with Crippen molar-refractivity contribution in [3.8, 4) is 28.7 Å². The second-order valence-electron chi connectivity index (χ2n) is 7.85. The van der Waals surface area contributed by atoms with E-state index in [1.807, 2.05) is 0 Å². The number of methoxy groups -OCH3 is 4. The van der Waals surface area contributed by atoms with Crippen LogP contribution in [0.15, 0.2) is 66.2 Å². The van der Waals surface area contributed by atoms with E-state index >= 15 is 0 Å². The van der Waals surface area contributed by atoms with Crippen LogP contribution in [0.5, 0.6) is 28.7 Å². The molecule has 0 saturated carbocycles. The largest absolute Gasteiger partial charge is 0.507 e. The molecule has 0 spiro atoms. The van der Waals surface area contributed by atoms with Crippen LogP contribution in [0, 0.1) is 0 Å². The van der Waals surface area contributed by atoms with Gasteiger partial charge in [-0.2, -0.15) is 0 Å². The fourth-order valence-corrected chi connectivity index (χ4v) is 4.25. The van der Waals surface area contributed by atoms with E-state index in [-0.39, 0.29) is 34.1 Å². The van der Waals surface area contributed by atoms with Gasteiger partial charge in [0.15, 0.2) is 11.5 Å². The average molecular weight is 491 g/mol. The predicted molar refractivity (Wildman–Crippen MR) is 132 cm³/mol. The van der Waals surface area contributed by atoms with Gasteiger partial charge >= 0.3 is 0 Å². The number of para-hydroxylation sites is 2. The molecule has 2 N–H and O–H groups in total. The molecule has 1 amide bonds. The predicted octanol–water partition coefficient (Wildman–Crippen LogP) is 4.05. The maximum absolute atomic E-state index is 13.4. The maximum Gasteiger partial charge on any atom is 0.300 e. The lowest BCUT2D eigenvalue weighted by atomic mass is 9.94. The molecule has 1 saturated heterocycles. The summed E-state index contributed by atoms with van der Waals surface area (Å²) in [7, 11) is 5.82. The molecule has 1 aliphatic rings. The quantitative estimate of drug-likeness (QED) is 0.289. The minimum absolute atomic E-state index is 0.100. The van der Waals surface area contributed by atoms with Crippen molar-refractivity contribution in [3.63, 3.8) is 0 Å². The first-order valence-corrected chi connectivity index (χ1v) is 10.9. The Hall–Kier alpha value is -4.66. The Labute approximate surface area is 207 Å². The number of ether oxygens (including phenoxy) is 4. The van der Waals surface area contributed by atoms with Gasteiger partial charge < -0.3 is 29.2 Å². The molecule has 1 unspecified atom stereocenters. The first-order chi connectivity index (χ1) is 17.4. The lowest BCUT2D eigenvalue weighted by Gasteiger charge is -2.27. The summed E-state index contributed by atoms with van der Waals surface area (Å²) in [6.45, 7) is 0. The Morgan fingerprint density at radius 1 is 0.833 bits per heavy atom. The smallest absolute Gasteiger partial charge is 0.300 e. The number of aliphatic hydroxyl groups excluding tert-OH is 1. The van der Waals surface area contributed by atoms with Gasteiger partial charge in [-0.15, -0.1) is 0 Å². The summed E-state index contributed by atoms with van der Waals surface area (Å²) in [5.74, 6) is -1.10. The first-order valence-electron chi connectivity index (χ1n) is 10.9. The number of carbonyl (C=O) groups is 2. The second kappa shape index (κ2) is 9.91. The van der Waals surface area contributed by atoms with Crippen LogP contribution < -0.4 is 23.8 Å². The number of phenolic OH excluding ortho intramolecular Hbond substituents is 1. The van der Waals surface area contributed by atoms with Gasteiger partial charge in [0.1, 0.15) is 17.3 Å². The van der Waals surface area contributed by atoms with E-state index in [2.05, 4.69) is 0 Å². The zero-order valence-electron chi connectivity index (χ0n) is 20.1. The highest BCUT2D eigenvalue weighted by Gasteiger charge is 2.48. The van der Waals surface area contributed by atoms with Crippen LogP contribution in [0.25, 0.3) is 5.76 Å². The van der Waals surface area contributed by atoms with Crippen molar-refractivity contribution < 1.29 is 38.7 Å². The molecule has 186 valence electrons. The first kappa shape index (κ1) is 24.5. The highest BCUT2D eigenvalue weighted by molar-refractivity contribution is 6.52. The Bertz CT molecular complexity index is 1340. The molecule has 0 bridgehead atoms. The van der Waals surface area contributed by atoms with E-state index in [1.165, 1.54) is 40.6 Å². The van der Waals surface area contributed by atoms with Gasteiger partial charge in [-0.25, -0.2) is 0 Å². The van der Waals surface area contributed by atoms with Crippen LogP contribution in [-0.2, 0) is 9.59 Å². The average Bonchev–Trinajstić information content (AvgIpc) is 3.17. The zero-order chi connectivity index (χ0) is 26.0.